The Morgan fingerprint density at radius 2 is 1.83 bits per heavy atom. The Morgan fingerprint density at radius 3 is 2.49 bits per heavy atom. The summed E-state index contributed by atoms with van der Waals surface area (Å²) in [7, 11) is 0. The van der Waals surface area contributed by atoms with Crippen LogP contribution in [0.1, 0.15) is 33.8 Å². The number of carboxylic acids is 1. The van der Waals surface area contributed by atoms with Gasteiger partial charge in [-0.05, 0) is 49.2 Å². The maximum absolute atomic E-state index is 12.6. The highest BCUT2D eigenvalue weighted by atomic mass is 35.5. The van der Waals surface area contributed by atoms with Crippen LogP contribution < -0.4 is 4.74 Å². The van der Waals surface area contributed by atoms with E-state index in [9.17, 15) is 9.59 Å². The summed E-state index contributed by atoms with van der Waals surface area (Å²) in [6, 6.07) is 22.3. The number of ether oxygens (including phenoxy) is 1. The fourth-order valence-electron chi connectivity index (χ4n) is 3.92. The molecule has 1 atom stereocenters. The number of nitrogens with zero attached hydrogens (tertiary/aromatic N) is 3. The van der Waals surface area contributed by atoms with E-state index in [-0.39, 0.29) is 5.78 Å². The number of benzene rings is 3. The lowest BCUT2D eigenvalue weighted by atomic mass is 10.0. The van der Waals surface area contributed by atoms with Crippen LogP contribution in [0.4, 0.5) is 0 Å². The lowest BCUT2D eigenvalue weighted by molar-refractivity contribution is -0.139. The number of aryl methyl sites for hydroxylation is 2. The van der Waals surface area contributed by atoms with Crippen LogP contribution >= 0.6 is 35.1 Å². The molecule has 3 aromatic carbocycles. The topological polar surface area (TPSA) is 114 Å². The number of carboxylic acid groups (broad SMARTS) is 1. The van der Waals surface area contributed by atoms with Crippen molar-refractivity contribution in [2.24, 2.45) is 9.63 Å². The van der Waals surface area contributed by atoms with Crippen molar-refractivity contribution in [2.75, 3.05) is 13.2 Å². The van der Waals surface area contributed by atoms with Gasteiger partial charge in [-0.3, -0.25) is 4.79 Å². The van der Waals surface area contributed by atoms with Crippen molar-refractivity contribution in [3.63, 3.8) is 0 Å². The third kappa shape index (κ3) is 9.18. The molecule has 0 spiro atoms. The summed E-state index contributed by atoms with van der Waals surface area (Å²) in [5.74, 6) is 0.759. The van der Waals surface area contributed by atoms with Gasteiger partial charge in [0.25, 0.3) is 0 Å². The van der Waals surface area contributed by atoms with Crippen LogP contribution in [-0.2, 0) is 17.6 Å². The molecule has 1 N–H and O–H groups in total. The molecular formula is C30H27Cl2N3O5S. The van der Waals surface area contributed by atoms with Crippen LogP contribution in [0.2, 0.25) is 10.0 Å². The monoisotopic (exact) mass is 611 g/mol. The van der Waals surface area contributed by atoms with Gasteiger partial charge in [-0.2, -0.15) is 5.11 Å². The Bertz CT molecular complexity index is 1500. The van der Waals surface area contributed by atoms with Crippen LogP contribution in [0.3, 0.4) is 0 Å². The van der Waals surface area contributed by atoms with E-state index in [1.807, 2.05) is 61.5 Å². The molecule has 1 aromatic heterocycles. The summed E-state index contributed by atoms with van der Waals surface area (Å²) in [5, 5.41) is 13.5. The van der Waals surface area contributed by atoms with E-state index >= 15 is 0 Å². The fraction of sp³-hybridized carbons (Fsp3) is 0.233. The predicted molar refractivity (Wildman–Crippen MR) is 160 cm³/mol. The van der Waals surface area contributed by atoms with Crippen molar-refractivity contribution < 1.29 is 23.8 Å². The number of ketones is 1. The molecule has 8 nitrogen and oxygen atoms in total. The van der Waals surface area contributed by atoms with Gasteiger partial charge in [0.05, 0.1) is 22.5 Å². The van der Waals surface area contributed by atoms with Crippen LogP contribution in [0, 0.1) is 6.92 Å². The molecule has 11 heteroatoms. The van der Waals surface area contributed by atoms with E-state index in [1.165, 1.54) is 29.6 Å². The van der Waals surface area contributed by atoms with E-state index in [0.29, 0.717) is 39.8 Å². The first-order chi connectivity index (χ1) is 19.8. The van der Waals surface area contributed by atoms with Gasteiger partial charge in [0, 0.05) is 40.9 Å². The Hall–Kier alpha value is -3.66. The summed E-state index contributed by atoms with van der Waals surface area (Å²) >= 11 is 12.9. The average molecular weight is 613 g/mol. The molecule has 0 saturated carbocycles. The van der Waals surface area contributed by atoms with Gasteiger partial charge in [-0.1, -0.05) is 65.7 Å². The third-order valence-electron chi connectivity index (χ3n) is 6.03. The summed E-state index contributed by atoms with van der Waals surface area (Å²) < 4.78 is 14.6. The normalized spacial score (nSPS) is 13.9. The minimum atomic E-state index is -1.05. The van der Waals surface area contributed by atoms with Gasteiger partial charge >= 0.3 is 5.97 Å². The first-order valence-corrected chi connectivity index (χ1v) is 14.3. The number of rotatable bonds is 10. The lowest BCUT2D eigenvalue weighted by Gasteiger charge is -2.06. The molecule has 0 radical (unpaired) electrons. The fourth-order valence-corrected chi connectivity index (χ4v) is 5.05. The molecule has 0 aliphatic carbocycles. The van der Waals surface area contributed by atoms with E-state index in [2.05, 4.69) is 14.6 Å². The predicted octanol–water partition coefficient (Wildman–Crippen LogP) is 7.95. The van der Waals surface area contributed by atoms with Crippen molar-refractivity contribution in [1.82, 2.24) is 4.98 Å². The number of carbonyl (C=O) groups excluding carboxylic acids is 1. The molecule has 4 aromatic rings. The van der Waals surface area contributed by atoms with Crippen molar-refractivity contribution >= 4 is 46.9 Å². The molecule has 5 rings (SSSR count). The molecule has 1 aliphatic rings. The zero-order valence-corrected chi connectivity index (χ0v) is 24.5. The number of halogens is 2. The van der Waals surface area contributed by atoms with E-state index < -0.39 is 12.6 Å². The third-order valence-corrected chi connectivity index (χ3v) is 7.38. The number of aromatic nitrogens is 1. The highest BCUT2D eigenvalue weighted by Gasteiger charge is 2.16. The average Bonchev–Trinajstić information content (AvgIpc) is 3.62. The maximum atomic E-state index is 12.6. The molecule has 1 aliphatic heterocycles. The number of oxazole rings is 1. The number of aliphatic carboxylic acids is 1. The highest BCUT2D eigenvalue weighted by Crippen LogP contribution is 2.27. The molecule has 1 unspecified atom stereocenters. The van der Waals surface area contributed by atoms with Crippen molar-refractivity contribution in [2.45, 2.75) is 31.4 Å². The Labute approximate surface area is 251 Å². The van der Waals surface area contributed by atoms with E-state index in [4.69, 9.17) is 37.5 Å². The largest absolute Gasteiger partial charge is 0.480 e. The second-order valence-electron chi connectivity index (χ2n) is 9.10. The van der Waals surface area contributed by atoms with Crippen molar-refractivity contribution in [3.8, 4) is 17.2 Å². The van der Waals surface area contributed by atoms with Crippen molar-refractivity contribution in [1.29, 1.82) is 0 Å². The molecule has 0 fully saturated rings. The van der Waals surface area contributed by atoms with Gasteiger partial charge in [-0.15, -0.1) is 4.52 Å². The SMILES string of the molecule is Cc1oc(-c2ccccc2)nc1CCC(=O)c1ccc(CC2CN=NS2)cc1.O=C(O)COc1ccc(Cl)cc1Cl. The van der Waals surface area contributed by atoms with Crippen LogP contribution in [0.25, 0.3) is 11.5 Å². The molecule has 2 heterocycles. The van der Waals surface area contributed by atoms with Gasteiger partial charge in [-0.25, -0.2) is 9.78 Å². The van der Waals surface area contributed by atoms with Crippen LogP contribution in [0.5, 0.6) is 5.75 Å². The summed E-state index contributed by atoms with van der Waals surface area (Å²) in [4.78, 5) is 27.3. The number of Topliss-reactive ketones (excluding diaryl/α,β-unsaturated/α-hetero) is 1. The molecule has 0 amide bonds. The molecule has 212 valence electrons. The minimum Gasteiger partial charge on any atom is -0.480 e. The quantitative estimate of drug-likeness (QED) is 0.143. The first-order valence-electron chi connectivity index (χ1n) is 12.7. The zero-order valence-electron chi connectivity index (χ0n) is 22.1. The Balaban J connectivity index is 0.000000251. The molecule has 41 heavy (non-hydrogen) atoms. The maximum Gasteiger partial charge on any atom is 0.341 e. The molecule has 0 bridgehead atoms. The Kier molecular flexibility index (Phi) is 11.0. The van der Waals surface area contributed by atoms with Crippen molar-refractivity contribution in [3.05, 3.63) is 105 Å². The van der Waals surface area contributed by atoms with Crippen LogP contribution in [0.15, 0.2) is 86.8 Å². The number of hydrogen-bond acceptors (Lipinski definition) is 8. The lowest BCUT2D eigenvalue weighted by Crippen LogP contribution is -2.09. The minimum absolute atomic E-state index is 0.121. The second kappa shape index (κ2) is 14.8. The van der Waals surface area contributed by atoms with Crippen LogP contribution in [-0.4, -0.2) is 40.2 Å². The zero-order chi connectivity index (χ0) is 29.2. The van der Waals surface area contributed by atoms with Gasteiger partial charge in [0.15, 0.2) is 12.4 Å². The van der Waals surface area contributed by atoms with Gasteiger partial charge in [0.1, 0.15) is 11.5 Å². The standard InChI is InChI=1S/C22H21N3O2S.C8H6Cl2O3/c1-15-20(24-22(27-15)18-5-3-2-4-6-18)11-12-21(26)17-9-7-16(8-10-17)13-19-14-23-25-28-19;9-5-1-2-7(6(10)3-5)13-4-8(11)12/h2-10,19H,11-14H2,1H3;1-3H,4H2,(H,11,12). The van der Waals surface area contributed by atoms with E-state index in [0.717, 1.165) is 35.5 Å². The molecule has 0 saturated heterocycles. The van der Waals surface area contributed by atoms with Gasteiger partial charge < -0.3 is 14.3 Å². The molecular weight excluding hydrogens is 585 g/mol. The highest BCUT2D eigenvalue weighted by molar-refractivity contribution is 7.98. The second-order valence-corrected chi connectivity index (χ2v) is 11.0. The summed E-state index contributed by atoms with van der Waals surface area (Å²) in [6.07, 6.45) is 1.91. The first kappa shape index (κ1) is 30.3. The number of carbonyl (C=O) groups is 2. The Morgan fingerprint density at radius 1 is 1.07 bits per heavy atom. The number of hydrogen-bond donors (Lipinski definition) is 1. The smallest absolute Gasteiger partial charge is 0.341 e. The van der Waals surface area contributed by atoms with Gasteiger partial charge in [0.2, 0.25) is 5.89 Å². The van der Waals surface area contributed by atoms with E-state index in [1.54, 1.807) is 6.07 Å². The summed E-state index contributed by atoms with van der Waals surface area (Å²) in [6.45, 7) is 2.25. The summed E-state index contributed by atoms with van der Waals surface area (Å²) in [5.41, 5.74) is 3.73.